The first-order valence-electron chi connectivity index (χ1n) is 12.6. The van der Waals surface area contributed by atoms with Crippen LogP contribution in [0.15, 0.2) is 155 Å². The Hall–Kier alpha value is -3.72. The molecule has 6 rings (SSSR count). The number of hydrogen-bond acceptors (Lipinski definition) is 0. The normalized spacial score (nSPS) is 10.9. The summed E-state index contributed by atoms with van der Waals surface area (Å²) >= 11 is 7.20. The third kappa shape index (κ3) is 5.43. The molecule has 0 fully saturated rings. The Morgan fingerprint density at radius 3 is 0.632 bits per heavy atom. The van der Waals surface area contributed by atoms with E-state index < -0.39 is 0 Å². The Bertz CT molecular complexity index is 1620. The Morgan fingerprint density at radius 1 is 0.237 bits per heavy atom. The van der Waals surface area contributed by atoms with Crippen molar-refractivity contribution in [1.82, 2.24) is 0 Å². The van der Waals surface area contributed by atoms with Gasteiger partial charge in [0.05, 0.1) is 0 Å². The van der Waals surface area contributed by atoms with E-state index >= 15 is 0 Å². The predicted molar refractivity (Wildman–Crippen MR) is 169 cm³/mol. The maximum absolute atomic E-state index is 3.60. The van der Waals surface area contributed by atoms with Crippen molar-refractivity contribution in [2.45, 2.75) is 0 Å². The third-order valence-electron chi connectivity index (χ3n) is 6.77. The highest BCUT2D eigenvalue weighted by molar-refractivity contribution is 9.10. The summed E-state index contributed by atoms with van der Waals surface area (Å²) in [5.74, 6) is 0. The summed E-state index contributed by atoms with van der Waals surface area (Å²) in [5.41, 5.74) is 12.1. The van der Waals surface area contributed by atoms with Gasteiger partial charge in [0.15, 0.2) is 0 Å². The molecule has 0 aliphatic rings. The topological polar surface area (TPSA) is 0 Å². The predicted octanol–water partition coefficient (Wildman–Crippen LogP) is 11.5. The number of rotatable bonds is 5. The van der Waals surface area contributed by atoms with Gasteiger partial charge in [-0.2, -0.15) is 0 Å². The van der Waals surface area contributed by atoms with Gasteiger partial charge in [-0.1, -0.05) is 129 Å². The lowest BCUT2D eigenvalue weighted by Gasteiger charge is -2.11. The van der Waals surface area contributed by atoms with Crippen LogP contribution in [0.1, 0.15) is 0 Å². The monoisotopic (exact) mass is 614 g/mol. The van der Waals surface area contributed by atoms with E-state index in [2.05, 4.69) is 177 Å². The molecule has 0 radical (unpaired) electrons. The van der Waals surface area contributed by atoms with Crippen LogP contribution in [0.2, 0.25) is 0 Å². The second kappa shape index (κ2) is 10.9. The Balaban J connectivity index is 1.33. The molecule has 0 unspecified atom stereocenters. The van der Waals surface area contributed by atoms with Crippen molar-refractivity contribution in [2.24, 2.45) is 0 Å². The van der Waals surface area contributed by atoms with Gasteiger partial charge in [0.25, 0.3) is 0 Å². The molecular weight excluding hydrogens is 592 g/mol. The van der Waals surface area contributed by atoms with Gasteiger partial charge in [-0.3, -0.25) is 0 Å². The molecule has 0 aliphatic heterocycles. The quantitative estimate of drug-likeness (QED) is 0.181. The molecule has 0 nitrogen and oxygen atoms in total. The fraction of sp³-hybridized carbons (Fsp3) is 0. The van der Waals surface area contributed by atoms with Crippen molar-refractivity contribution in [1.29, 1.82) is 0 Å². The third-order valence-corrected chi connectivity index (χ3v) is 7.75. The molecule has 0 heterocycles. The standard InChI is InChI=1S/C36H24Br2/c37-35-17-5-15-33(23-35)31-13-3-11-29(21-31)27-9-1-7-25(19-27)26-8-2-10-28(20-26)30-12-4-14-32(22-30)34-16-6-18-36(38)24-34/h1-24H. The van der Waals surface area contributed by atoms with Gasteiger partial charge in [-0.15, -0.1) is 0 Å². The van der Waals surface area contributed by atoms with Gasteiger partial charge in [0, 0.05) is 8.95 Å². The zero-order chi connectivity index (χ0) is 25.9. The minimum atomic E-state index is 1.09. The van der Waals surface area contributed by atoms with E-state index in [-0.39, 0.29) is 0 Å². The molecule has 6 aromatic rings. The maximum Gasteiger partial charge on any atom is 0.0181 e. The molecule has 182 valence electrons. The first-order chi connectivity index (χ1) is 18.6. The largest absolute Gasteiger partial charge is 0.0610 e. The lowest BCUT2D eigenvalue weighted by Crippen LogP contribution is -1.85. The minimum absolute atomic E-state index is 1.09. The van der Waals surface area contributed by atoms with Crippen LogP contribution in [0.5, 0.6) is 0 Å². The highest BCUT2D eigenvalue weighted by Crippen LogP contribution is 2.33. The van der Waals surface area contributed by atoms with E-state index in [4.69, 9.17) is 0 Å². The summed E-state index contributed by atoms with van der Waals surface area (Å²) in [6.45, 7) is 0. The van der Waals surface area contributed by atoms with Crippen molar-refractivity contribution in [3.63, 3.8) is 0 Å². The van der Waals surface area contributed by atoms with Crippen LogP contribution in [0.4, 0.5) is 0 Å². The lowest BCUT2D eigenvalue weighted by atomic mass is 9.94. The van der Waals surface area contributed by atoms with Crippen LogP contribution < -0.4 is 0 Å². The molecule has 0 saturated carbocycles. The van der Waals surface area contributed by atoms with Gasteiger partial charge < -0.3 is 0 Å². The molecule has 0 amide bonds. The number of halogens is 2. The molecule has 38 heavy (non-hydrogen) atoms. The van der Waals surface area contributed by atoms with Gasteiger partial charge >= 0.3 is 0 Å². The van der Waals surface area contributed by atoms with Crippen LogP contribution >= 0.6 is 31.9 Å². The van der Waals surface area contributed by atoms with Crippen LogP contribution in [0.3, 0.4) is 0 Å². The highest BCUT2D eigenvalue weighted by Gasteiger charge is 2.07. The van der Waals surface area contributed by atoms with E-state index in [0.29, 0.717) is 0 Å². The van der Waals surface area contributed by atoms with Crippen molar-refractivity contribution in [3.05, 3.63) is 155 Å². The van der Waals surface area contributed by atoms with Gasteiger partial charge in [0.1, 0.15) is 0 Å². The van der Waals surface area contributed by atoms with Crippen LogP contribution in [0.25, 0.3) is 55.6 Å². The van der Waals surface area contributed by atoms with E-state index in [1.54, 1.807) is 0 Å². The van der Waals surface area contributed by atoms with E-state index in [9.17, 15) is 0 Å². The molecular formula is C36H24Br2. The first kappa shape index (κ1) is 24.6. The lowest BCUT2D eigenvalue weighted by molar-refractivity contribution is 1.55. The maximum atomic E-state index is 3.60. The van der Waals surface area contributed by atoms with Crippen LogP contribution in [0, 0.1) is 0 Å². The number of benzene rings is 6. The van der Waals surface area contributed by atoms with Crippen LogP contribution in [-0.2, 0) is 0 Å². The summed E-state index contributed by atoms with van der Waals surface area (Å²) in [7, 11) is 0. The zero-order valence-corrected chi connectivity index (χ0v) is 23.8. The Morgan fingerprint density at radius 2 is 0.421 bits per heavy atom. The van der Waals surface area contributed by atoms with Crippen molar-refractivity contribution in [3.8, 4) is 55.6 Å². The summed E-state index contributed by atoms with van der Waals surface area (Å²) in [4.78, 5) is 0. The summed E-state index contributed by atoms with van der Waals surface area (Å²) in [6, 6.07) is 52.0. The Labute approximate surface area is 240 Å². The first-order valence-corrected chi connectivity index (χ1v) is 14.1. The van der Waals surface area contributed by atoms with E-state index in [0.717, 1.165) is 8.95 Å². The molecule has 0 spiro atoms. The average molecular weight is 616 g/mol. The van der Waals surface area contributed by atoms with Crippen LogP contribution in [-0.4, -0.2) is 0 Å². The van der Waals surface area contributed by atoms with Crippen molar-refractivity contribution < 1.29 is 0 Å². The van der Waals surface area contributed by atoms with Gasteiger partial charge in [0.2, 0.25) is 0 Å². The second-order valence-corrected chi connectivity index (χ2v) is 11.2. The molecule has 0 aromatic heterocycles. The van der Waals surface area contributed by atoms with Crippen molar-refractivity contribution in [2.75, 3.05) is 0 Å². The molecule has 2 heteroatoms. The number of hydrogen-bond donors (Lipinski definition) is 0. The average Bonchev–Trinajstić information content (AvgIpc) is 2.97. The summed E-state index contributed by atoms with van der Waals surface area (Å²) in [6.07, 6.45) is 0. The Kier molecular flexibility index (Phi) is 7.09. The van der Waals surface area contributed by atoms with E-state index in [1.165, 1.54) is 55.6 Å². The molecule has 0 N–H and O–H groups in total. The fourth-order valence-corrected chi connectivity index (χ4v) is 5.65. The van der Waals surface area contributed by atoms with Gasteiger partial charge in [-0.05, 0) is 104 Å². The van der Waals surface area contributed by atoms with Crippen molar-refractivity contribution >= 4 is 31.9 Å². The highest BCUT2D eigenvalue weighted by atomic mass is 79.9. The van der Waals surface area contributed by atoms with E-state index in [1.807, 2.05) is 0 Å². The summed E-state index contributed by atoms with van der Waals surface area (Å²) in [5, 5.41) is 0. The summed E-state index contributed by atoms with van der Waals surface area (Å²) < 4.78 is 2.17. The smallest absolute Gasteiger partial charge is 0.0181 e. The molecule has 0 atom stereocenters. The zero-order valence-electron chi connectivity index (χ0n) is 20.6. The molecule has 0 bridgehead atoms. The molecule has 0 saturated heterocycles. The molecule has 0 aliphatic carbocycles. The second-order valence-electron chi connectivity index (χ2n) is 9.34. The SMILES string of the molecule is Brc1cccc(-c2cccc(-c3cccc(-c4cccc(-c5cccc(-c6cccc(Br)c6)c5)c4)c3)c2)c1. The molecule has 6 aromatic carbocycles. The van der Waals surface area contributed by atoms with Gasteiger partial charge in [-0.25, -0.2) is 0 Å². The minimum Gasteiger partial charge on any atom is -0.0610 e. The fourth-order valence-electron chi connectivity index (χ4n) is 4.85.